The van der Waals surface area contributed by atoms with E-state index < -0.39 is 17.3 Å². The Labute approximate surface area is 200 Å². The van der Waals surface area contributed by atoms with Gasteiger partial charge in [0.1, 0.15) is 23.0 Å². The fourth-order valence-corrected chi connectivity index (χ4v) is 4.59. The lowest BCUT2D eigenvalue weighted by molar-refractivity contribution is -0.116. The van der Waals surface area contributed by atoms with Crippen molar-refractivity contribution in [3.8, 4) is 22.2 Å². The number of nitrogens with one attached hydrogen (secondary N) is 1. The van der Waals surface area contributed by atoms with Crippen molar-refractivity contribution in [2.75, 3.05) is 5.32 Å². The molecule has 0 spiro atoms. The summed E-state index contributed by atoms with van der Waals surface area (Å²) in [7, 11) is 0. The van der Waals surface area contributed by atoms with Crippen LogP contribution in [0.3, 0.4) is 0 Å². The van der Waals surface area contributed by atoms with E-state index in [4.69, 9.17) is 4.52 Å². The minimum absolute atomic E-state index is 0.204. The number of hydrogen-bond acceptors (Lipinski definition) is 7. The zero-order valence-corrected chi connectivity index (χ0v) is 19.3. The highest BCUT2D eigenvalue weighted by molar-refractivity contribution is 7.22. The smallest absolute Gasteiger partial charge is 0.268 e. The molecule has 0 aliphatic heterocycles. The molecule has 0 saturated carbocycles. The van der Waals surface area contributed by atoms with E-state index in [-0.39, 0.29) is 24.1 Å². The summed E-state index contributed by atoms with van der Waals surface area (Å²) in [4.78, 5) is 35.3. The molecule has 1 amide bonds. The van der Waals surface area contributed by atoms with Crippen LogP contribution in [0.4, 0.5) is 14.5 Å². The molecule has 5 aromatic rings. The lowest BCUT2D eigenvalue weighted by Crippen LogP contribution is -2.27. The first-order valence-corrected chi connectivity index (χ1v) is 11.3. The van der Waals surface area contributed by atoms with Crippen LogP contribution in [0.5, 0.6) is 0 Å². The van der Waals surface area contributed by atoms with E-state index >= 15 is 0 Å². The molecule has 3 aromatic heterocycles. The molecule has 8 nitrogen and oxygen atoms in total. The van der Waals surface area contributed by atoms with E-state index in [2.05, 4.69) is 20.4 Å². The summed E-state index contributed by atoms with van der Waals surface area (Å²) in [5.41, 5.74) is 1.52. The first kappa shape index (κ1) is 22.5. The third kappa shape index (κ3) is 4.33. The van der Waals surface area contributed by atoms with Crippen LogP contribution in [0.25, 0.3) is 32.4 Å². The number of benzene rings is 2. The Balaban J connectivity index is 1.42. The van der Waals surface area contributed by atoms with Gasteiger partial charge in [0.15, 0.2) is 0 Å². The van der Waals surface area contributed by atoms with Crippen LogP contribution in [0, 0.1) is 25.5 Å². The van der Waals surface area contributed by atoms with Crippen molar-refractivity contribution >= 4 is 33.1 Å². The van der Waals surface area contributed by atoms with Gasteiger partial charge in [-0.25, -0.2) is 13.8 Å². The second kappa shape index (κ2) is 8.84. The largest absolute Gasteiger partial charge is 0.333 e. The maximum absolute atomic E-state index is 13.7. The highest BCUT2D eigenvalue weighted by Gasteiger charge is 2.21. The first-order valence-electron chi connectivity index (χ1n) is 10.4. The SMILES string of the molecule is Cc1ccc(NC(=O)Cn2cnc3sc(-c4nc(-c5ccc(F)cc5)no4)c(C)c3c2=O)cc1F. The van der Waals surface area contributed by atoms with Gasteiger partial charge in [0.25, 0.3) is 11.4 Å². The van der Waals surface area contributed by atoms with Crippen LogP contribution in [0.1, 0.15) is 11.1 Å². The lowest BCUT2D eigenvalue weighted by Gasteiger charge is -2.08. The summed E-state index contributed by atoms with van der Waals surface area (Å²) >= 11 is 1.21. The average molecular weight is 493 g/mol. The molecule has 0 atom stereocenters. The second-order valence-corrected chi connectivity index (χ2v) is 8.86. The van der Waals surface area contributed by atoms with E-state index in [1.807, 2.05) is 0 Å². The van der Waals surface area contributed by atoms with Crippen LogP contribution in [-0.4, -0.2) is 25.6 Å². The van der Waals surface area contributed by atoms with E-state index in [9.17, 15) is 18.4 Å². The standard InChI is InChI=1S/C24H17F2N5O3S/c1-12-3-8-16(9-17(12)26)28-18(32)10-31-11-27-23-19(24(31)33)13(2)20(35-23)22-29-21(30-34-22)14-4-6-15(25)7-5-14/h3-9,11H,10H2,1-2H3,(H,28,32). The van der Waals surface area contributed by atoms with Crippen molar-refractivity contribution < 1.29 is 18.1 Å². The fraction of sp³-hybridized carbons (Fsp3) is 0.125. The van der Waals surface area contributed by atoms with Crippen molar-refractivity contribution in [1.82, 2.24) is 19.7 Å². The third-order valence-corrected chi connectivity index (χ3v) is 6.60. The number of nitrogens with zero attached hydrogens (tertiary/aromatic N) is 4. The fourth-order valence-electron chi connectivity index (χ4n) is 3.53. The van der Waals surface area contributed by atoms with Gasteiger partial charge < -0.3 is 9.84 Å². The molecule has 176 valence electrons. The van der Waals surface area contributed by atoms with Gasteiger partial charge >= 0.3 is 0 Å². The molecule has 3 heterocycles. The Kier molecular flexibility index (Phi) is 5.69. The summed E-state index contributed by atoms with van der Waals surface area (Å²) in [6.07, 6.45) is 1.29. The number of rotatable bonds is 5. The van der Waals surface area contributed by atoms with Crippen LogP contribution in [0.2, 0.25) is 0 Å². The van der Waals surface area contributed by atoms with Crippen molar-refractivity contribution in [3.05, 3.63) is 81.9 Å². The van der Waals surface area contributed by atoms with Gasteiger partial charge in [-0.15, -0.1) is 11.3 Å². The number of aromatic nitrogens is 4. The van der Waals surface area contributed by atoms with Crippen molar-refractivity contribution in [2.45, 2.75) is 20.4 Å². The van der Waals surface area contributed by atoms with E-state index in [1.54, 1.807) is 26.0 Å². The average Bonchev–Trinajstić information content (AvgIpc) is 3.44. The first-order chi connectivity index (χ1) is 16.8. The molecule has 0 saturated heterocycles. The number of anilines is 1. The Bertz CT molecular complexity index is 1640. The number of fused-ring (bicyclic) bond motifs is 1. The highest BCUT2D eigenvalue weighted by atomic mass is 32.1. The molecule has 0 bridgehead atoms. The number of thiophene rings is 1. The van der Waals surface area contributed by atoms with Crippen molar-refractivity contribution in [1.29, 1.82) is 0 Å². The number of amides is 1. The van der Waals surface area contributed by atoms with Gasteiger partial charge in [-0.3, -0.25) is 14.2 Å². The summed E-state index contributed by atoms with van der Waals surface area (Å²) in [5.74, 6) is -0.820. The monoisotopic (exact) mass is 493 g/mol. The molecular weight excluding hydrogens is 476 g/mol. The molecule has 0 aliphatic rings. The number of carbonyl (C=O) groups excluding carboxylic acids is 1. The minimum atomic E-state index is -0.495. The minimum Gasteiger partial charge on any atom is -0.333 e. The van der Waals surface area contributed by atoms with E-state index in [0.717, 1.165) is 0 Å². The molecule has 0 fully saturated rings. The number of aryl methyl sites for hydroxylation is 2. The predicted molar refractivity (Wildman–Crippen MR) is 127 cm³/mol. The molecule has 5 rings (SSSR count). The van der Waals surface area contributed by atoms with Crippen molar-refractivity contribution in [2.24, 2.45) is 0 Å². The van der Waals surface area contributed by atoms with Crippen LogP contribution in [0.15, 0.2) is 58.1 Å². The van der Waals surface area contributed by atoms with E-state index in [1.165, 1.54) is 52.6 Å². The summed E-state index contributed by atoms with van der Waals surface area (Å²) in [6, 6.07) is 10.0. The summed E-state index contributed by atoms with van der Waals surface area (Å²) in [5, 5.41) is 6.87. The Hall–Kier alpha value is -4.25. The van der Waals surface area contributed by atoms with Crippen LogP contribution >= 0.6 is 11.3 Å². The second-order valence-electron chi connectivity index (χ2n) is 7.86. The Morgan fingerprint density at radius 3 is 2.66 bits per heavy atom. The maximum Gasteiger partial charge on any atom is 0.268 e. The lowest BCUT2D eigenvalue weighted by atomic mass is 10.2. The molecule has 35 heavy (non-hydrogen) atoms. The molecule has 2 aromatic carbocycles. The molecule has 0 unspecified atom stereocenters. The van der Waals surface area contributed by atoms with Gasteiger partial charge in [-0.1, -0.05) is 11.2 Å². The van der Waals surface area contributed by atoms with E-state index in [0.29, 0.717) is 37.5 Å². The number of hydrogen-bond donors (Lipinski definition) is 1. The Morgan fingerprint density at radius 2 is 1.91 bits per heavy atom. The zero-order chi connectivity index (χ0) is 24.7. The van der Waals surface area contributed by atoms with Gasteiger partial charge in [0.05, 0.1) is 16.6 Å². The third-order valence-electron chi connectivity index (χ3n) is 5.41. The maximum atomic E-state index is 13.7. The van der Waals surface area contributed by atoms with Gasteiger partial charge in [0.2, 0.25) is 11.7 Å². The normalized spacial score (nSPS) is 11.2. The van der Waals surface area contributed by atoms with Gasteiger partial charge in [-0.2, -0.15) is 4.98 Å². The quantitative estimate of drug-likeness (QED) is 0.380. The molecule has 0 aliphatic carbocycles. The number of halogens is 2. The highest BCUT2D eigenvalue weighted by Crippen LogP contribution is 2.35. The number of carbonyl (C=O) groups is 1. The van der Waals surface area contributed by atoms with Crippen LogP contribution < -0.4 is 10.9 Å². The molecular formula is C24H17F2N5O3S. The Morgan fingerprint density at radius 1 is 1.14 bits per heavy atom. The van der Waals surface area contributed by atoms with Gasteiger partial charge in [-0.05, 0) is 61.4 Å². The summed E-state index contributed by atoms with van der Waals surface area (Å²) < 4.78 is 33.5. The molecule has 1 N–H and O–H groups in total. The van der Waals surface area contributed by atoms with Gasteiger partial charge in [0, 0.05) is 11.3 Å². The zero-order valence-electron chi connectivity index (χ0n) is 18.5. The van der Waals surface area contributed by atoms with Crippen LogP contribution in [-0.2, 0) is 11.3 Å². The van der Waals surface area contributed by atoms with Crippen molar-refractivity contribution in [3.63, 3.8) is 0 Å². The molecule has 11 heteroatoms. The topological polar surface area (TPSA) is 103 Å². The molecule has 0 radical (unpaired) electrons. The predicted octanol–water partition coefficient (Wildman–Crippen LogP) is 4.71. The summed E-state index contributed by atoms with van der Waals surface area (Å²) in [6.45, 7) is 3.06.